The van der Waals surface area contributed by atoms with Gasteiger partial charge in [0.1, 0.15) is 0 Å². The summed E-state index contributed by atoms with van der Waals surface area (Å²) in [5, 5.41) is 0.825. The van der Waals surface area contributed by atoms with Gasteiger partial charge in [0.05, 0.1) is 25.7 Å². The van der Waals surface area contributed by atoms with Gasteiger partial charge in [-0.05, 0) is 60.7 Å². The Morgan fingerprint density at radius 3 is 2.58 bits per heavy atom. The second kappa shape index (κ2) is 9.06. The Bertz CT molecular complexity index is 1110. The molecule has 6 nitrogen and oxygen atoms in total. The van der Waals surface area contributed by atoms with E-state index in [1.807, 2.05) is 23.2 Å². The van der Waals surface area contributed by atoms with Gasteiger partial charge in [0.25, 0.3) is 0 Å². The smallest absolute Gasteiger partial charge is 0.233 e. The third-order valence-corrected chi connectivity index (χ3v) is 6.58. The van der Waals surface area contributed by atoms with Gasteiger partial charge in [-0.25, -0.2) is 4.98 Å². The summed E-state index contributed by atoms with van der Waals surface area (Å²) >= 11 is 1.48. The molecule has 4 rings (SSSR count). The number of fused-ring (bicyclic) bond motifs is 1. The molecular formula is C24H27N3O3S. The van der Waals surface area contributed by atoms with Crippen molar-refractivity contribution in [1.29, 1.82) is 0 Å². The van der Waals surface area contributed by atoms with E-state index >= 15 is 0 Å². The maximum absolute atomic E-state index is 13.0. The van der Waals surface area contributed by atoms with Crippen molar-refractivity contribution < 1.29 is 14.3 Å². The molecule has 1 aliphatic rings. The SMILES string of the molecule is COc1cc2c(cc1OC)CN(C(=O)CSc1nccn1-c1cc(C)ccc1C)CC2. The molecule has 0 saturated heterocycles. The predicted octanol–water partition coefficient (Wildman–Crippen LogP) is 4.18. The molecule has 3 aromatic rings. The van der Waals surface area contributed by atoms with Crippen molar-refractivity contribution in [3.8, 4) is 17.2 Å². The molecule has 1 aliphatic heterocycles. The van der Waals surface area contributed by atoms with Crippen molar-refractivity contribution in [2.24, 2.45) is 0 Å². The summed E-state index contributed by atoms with van der Waals surface area (Å²) in [5.74, 6) is 1.89. The summed E-state index contributed by atoms with van der Waals surface area (Å²) in [6.07, 6.45) is 4.54. The first-order valence-electron chi connectivity index (χ1n) is 10.3. The van der Waals surface area contributed by atoms with Crippen molar-refractivity contribution in [3.05, 3.63) is 65.0 Å². The van der Waals surface area contributed by atoms with E-state index in [-0.39, 0.29) is 5.91 Å². The molecule has 0 spiro atoms. The van der Waals surface area contributed by atoms with Crippen LogP contribution in [0.15, 0.2) is 47.9 Å². The van der Waals surface area contributed by atoms with E-state index in [0.717, 1.165) is 28.6 Å². The van der Waals surface area contributed by atoms with E-state index in [2.05, 4.69) is 41.6 Å². The Morgan fingerprint density at radius 2 is 1.84 bits per heavy atom. The summed E-state index contributed by atoms with van der Waals surface area (Å²) < 4.78 is 12.9. The molecule has 0 atom stereocenters. The number of aryl methyl sites for hydroxylation is 2. The van der Waals surface area contributed by atoms with Gasteiger partial charge < -0.3 is 14.4 Å². The van der Waals surface area contributed by atoms with Gasteiger partial charge in [0.2, 0.25) is 5.91 Å². The number of methoxy groups -OCH3 is 2. The Balaban J connectivity index is 1.45. The summed E-state index contributed by atoms with van der Waals surface area (Å²) in [5.41, 5.74) is 5.79. The van der Waals surface area contributed by atoms with Crippen LogP contribution in [0.5, 0.6) is 11.5 Å². The number of carbonyl (C=O) groups excluding carboxylic acids is 1. The van der Waals surface area contributed by atoms with Gasteiger partial charge in [0.15, 0.2) is 16.7 Å². The summed E-state index contributed by atoms with van der Waals surface area (Å²) in [7, 11) is 3.27. The number of benzene rings is 2. The van der Waals surface area contributed by atoms with Crippen molar-refractivity contribution in [2.75, 3.05) is 26.5 Å². The van der Waals surface area contributed by atoms with Crippen molar-refractivity contribution in [3.63, 3.8) is 0 Å². The molecular weight excluding hydrogens is 410 g/mol. The third-order valence-electron chi connectivity index (χ3n) is 5.63. The topological polar surface area (TPSA) is 56.6 Å². The van der Waals surface area contributed by atoms with Gasteiger partial charge in [0, 0.05) is 25.5 Å². The molecule has 0 N–H and O–H groups in total. The minimum Gasteiger partial charge on any atom is -0.493 e. The van der Waals surface area contributed by atoms with Crippen LogP contribution in [0.1, 0.15) is 22.3 Å². The molecule has 0 aliphatic carbocycles. The third kappa shape index (κ3) is 4.42. The zero-order chi connectivity index (χ0) is 22.0. The van der Waals surface area contributed by atoms with Crippen LogP contribution in [0.2, 0.25) is 0 Å². The Labute approximate surface area is 187 Å². The lowest BCUT2D eigenvalue weighted by atomic mass is 9.99. The maximum atomic E-state index is 13.0. The quantitative estimate of drug-likeness (QED) is 0.542. The van der Waals surface area contributed by atoms with E-state index < -0.39 is 0 Å². The average molecular weight is 438 g/mol. The zero-order valence-corrected chi connectivity index (χ0v) is 19.2. The molecule has 7 heteroatoms. The highest BCUT2D eigenvalue weighted by atomic mass is 32.2. The second-order valence-corrected chi connectivity index (χ2v) is 8.64. The number of nitrogens with zero attached hydrogens (tertiary/aromatic N) is 3. The fraction of sp³-hybridized carbons (Fsp3) is 0.333. The number of rotatable bonds is 6. The van der Waals surface area contributed by atoms with Gasteiger partial charge >= 0.3 is 0 Å². The second-order valence-electron chi connectivity index (χ2n) is 7.70. The maximum Gasteiger partial charge on any atom is 0.233 e. The highest BCUT2D eigenvalue weighted by Crippen LogP contribution is 2.33. The molecule has 0 bridgehead atoms. The number of ether oxygens (including phenoxy) is 2. The standard InChI is InChI=1S/C24H27N3O3S/c1-16-5-6-17(2)20(11-16)27-10-8-25-24(27)31-15-23(28)26-9-7-18-12-21(29-3)22(30-4)13-19(18)14-26/h5-6,8,10-13H,7,9,14-15H2,1-4H3. The number of hydrogen-bond acceptors (Lipinski definition) is 5. The largest absolute Gasteiger partial charge is 0.493 e. The minimum atomic E-state index is 0.112. The van der Waals surface area contributed by atoms with Crippen molar-refractivity contribution in [1.82, 2.24) is 14.5 Å². The van der Waals surface area contributed by atoms with E-state index in [1.165, 1.54) is 28.5 Å². The normalized spacial score (nSPS) is 13.1. The zero-order valence-electron chi connectivity index (χ0n) is 18.3. The van der Waals surface area contributed by atoms with Crippen LogP contribution in [0, 0.1) is 13.8 Å². The molecule has 0 fully saturated rings. The lowest BCUT2D eigenvalue weighted by molar-refractivity contribution is -0.129. The number of amides is 1. The molecule has 162 valence electrons. The van der Waals surface area contributed by atoms with E-state index in [1.54, 1.807) is 20.4 Å². The van der Waals surface area contributed by atoms with Crippen LogP contribution >= 0.6 is 11.8 Å². The van der Waals surface area contributed by atoms with Gasteiger partial charge in [-0.3, -0.25) is 9.36 Å². The summed E-state index contributed by atoms with van der Waals surface area (Å²) in [4.78, 5) is 19.4. The van der Waals surface area contributed by atoms with E-state index in [9.17, 15) is 4.79 Å². The fourth-order valence-electron chi connectivity index (χ4n) is 3.87. The Hall–Kier alpha value is -2.93. The number of aromatic nitrogens is 2. The molecule has 0 unspecified atom stereocenters. The van der Waals surface area contributed by atoms with Crippen LogP contribution in [0.25, 0.3) is 5.69 Å². The molecule has 1 aromatic heterocycles. The van der Waals surface area contributed by atoms with Gasteiger partial charge in [-0.15, -0.1) is 0 Å². The molecule has 2 heterocycles. The molecule has 2 aromatic carbocycles. The van der Waals surface area contributed by atoms with Crippen LogP contribution in [-0.2, 0) is 17.8 Å². The Kier molecular flexibility index (Phi) is 6.23. The highest BCUT2D eigenvalue weighted by molar-refractivity contribution is 7.99. The van der Waals surface area contributed by atoms with Gasteiger partial charge in [-0.2, -0.15) is 0 Å². The minimum absolute atomic E-state index is 0.112. The van der Waals surface area contributed by atoms with Crippen molar-refractivity contribution >= 4 is 17.7 Å². The monoisotopic (exact) mass is 437 g/mol. The molecule has 1 amide bonds. The first-order valence-corrected chi connectivity index (χ1v) is 11.2. The van der Waals surface area contributed by atoms with E-state index in [0.29, 0.717) is 24.6 Å². The number of imidazole rings is 1. The average Bonchev–Trinajstić information content (AvgIpc) is 3.26. The van der Waals surface area contributed by atoms with Gasteiger partial charge in [-0.1, -0.05) is 23.9 Å². The molecule has 0 radical (unpaired) electrons. The Morgan fingerprint density at radius 1 is 1.10 bits per heavy atom. The first kappa shape index (κ1) is 21.3. The van der Waals surface area contributed by atoms with Crippen LogP contribution < -0.4 is 9.47 Å². The number of thioether (sulfide) groups is 1. The summed E-state index contributed by atoms with van der Waals surface area (Å²) in [6, 6.07) is 10.4. The van der Waals surface area contributed by atoms with Crippen LogP contribution in [0.3, 0.4) is 0 Å². The van der Waals surface area contributed by atoms with E-state index in [4.69, 9.17) is 9.47 Å². The predicted molar refractivity (Wildman–Crippen MR) is 122 cm³/mol. The van der Waals surface area contributed by atoms with Crippen molar-refractivity contribution in [2.45, 2.75) is 32.0 Å². The highest BCUT2D eigenvalue weighted by Gasteiger charge is 2.23. The van der Waals surface area contributed by atoms with Crippen LogP contribution in [-0.4, -0.2) is 46.9 Å². The molecule has 0 saturated carbocycles. The van der Waals surface area contributed by atoms with Crippen LogP contribution in [0.4, 0.5) is 0 Å². The number of hydrogen-bond donors (Lipinski definition) is 0. The fourth-order valence-corrected chi connectivity index (χ4v) is 4.74. The first-order chi connectivity index (χ1) is 15.0. The lowest BCUT2D eigenvalue weighted by Gasteiger charge is -2.29. The molecule has 31 heavy (non-hydrogen) atoms. The number of carbonyl (C=O) groups is 1. The lowest BCUT2D eigenvalue weighted by Crippen LogP contribution is -2.37. The summed E-state index contributed by atoms with van der Waals surface area (Å²) in [6.45, 7) is 5.45.